The van der Waals surface area contributed by atoms with E-state index in [2.05, 4.69) is 50.4 Å². The van der Waals surface area contributed by atoms with Gasteiger partial charge < -0.3 is 20.3 Å². The highest BCUT2D eigenvalue weighted by atomic mass is 16.5. The van der Waals surface area contributed by atoms with E-state index in [1.807, 2.05) is 6.20 Å². The predicted molar refractivity (Wildman–Crippen MR) is 163 cm³/mol. The van der Waals surface area contributed by atoms with Crippen molar-refractivity contribution in [3.8, 4) is 16.9 Å². The van der Waals surface area contributed by atoms with E-state index in [-0.39, 0.29) is 29.9 Å². The second kappa shape index (κ2) is 12.0. The van der Waals surface area contributed by atoms with Gasteiger partial charge in [-0.2, -0.15) is 5.10 Å². The topological polar surface area (TPSA) is 91.7 Å². The van der Waals surface area contributed by atoms with Crippen molar-refractivity contribution in [2.45, 2.75) is 102 Å². The van der Waals surface area contributed by atoms with E-state index in [1.54, 1.807) is 0 Å². The van der Waals surface area contributed by atoms with E-state index >= 15 is 0 Å². The van der Waals surface area contributed by atoms with Gasteiger partial charge in [-0.05, 0) is 103 Å². The van der Waals surface area contributed by atoms with Gasteiger partial charge in [0.25, 0.3) is 0 Å². The monoisotopic (exact) mass is 574 g/mol. The molecule has 2 aliphatic carbocycles. The average Bonchev–Trinajstić information content (AvgIpc) is 3.72. The zero-order valence-corrected chi connectivity index (χ0v) is 25.0. The lowest BCUT2D eigenvalue weighted by atomic mass is 9.91. The van der Waals surface area contributed by atoms with Crippen LogP contribution in [0.5, 0.6) is 5.75 Å². The Hall–Kier alpha value is -2.91. The molecule has 2 aromatic rings. The molecule has 0 spiro atoms. The summed E-state index contributed by atoms with van der Waals surface area (Å²) in [5.41, 5.74) is 4.41. The van der Waals surface area contributed by atoms with Crippen molar-refractivity contribution < 1.29 is 14.3 Å². The number of anilines is 1. The molecule has 2 saturated heterocycles. The summed E-state index contributed by atoms with van der Waals surface area (Å²) in [6.45, 7) is 6.44. The Kier molecular flexibility index (Phi) is 7.97. The fourth-order valence-electron chi connectivity index (χ4n) is 7.15. The molecule has 2 amide bonds. The largest absolute Gasteiger partial charge is 0.489 e. The minimum Gasteiger partial charge on any atom is -0.489 e. The van der Waals surface area contributed by atoms with E-state index in [4.69, 9.17) is 9.84 Å². The molecule has 1 aromatic heterocycles. The number of nitrogens with one attached hydrogen (secondary N) is 2. The third-order valence-electron chi connectivity index (χ3n) is 10.2. The van der Waals surface area contributed by atoms with Crippen LogP contribution in [0.2, 0.25) is 0 Å². The number of carbonyl (C=O) groups is 2. The Bertz CT molecular complexity index is 1290. The van der Waals surface area contributed by atoms with Crippen LogP contribution in [-0.4, -0.2) is 77.4 Å². The molecule has 226 valence electrons. The molecule has 7 rings (SSSR count). The number of ether oxygens (including phenoxy) is 1. The number of hydrogen-bond donors (Lipinski definition) is 2. The molecule has 4 heterocycles. The second-order valence-electron chi connectivity index (χ2n) is 13.3. The summed E-state index contributed by atoms with van der Waals surface area (Å²) in [7, 11) is 0. The van der Waals surface area contributed by atoms with Crippen LogP contribution < -0.4 is 20.3 Å². The zero-order valence-electron chi connectivity index (χ0n) is 25.0. The Labute approximate surface area is 249 Å². The number of likely N-dealkylation sites (tertiary alicyclic amines) is 1. The first-order valence-electron chi connectivity index (χ1n) is 16.5. The van der Waals surface area contributed by atoms with Gasteiger partial charge in [-0.1, -0.05) is 0 Å². The molecule has 3 aliphatic heterocycles. The highest BCUT2D eigenvalue weighted by Crippen LogP contribution is 2.46. The molecule has 42 heavy (non-hydrogen) atoms. The van der Waals surface area contributed by atoms with Crippen molar-refractivity contribution in [2.24, 2.45) is 5.92 Å². The third kappa shape index (κ3) is 5.82. The number of amides is 2. The summed E-state index contributed by atoms with van der Waals surface area (Å²) in [5, 5.41) is 11.4. The van der Waals surface area contributed by atoms with Gasteiger partial charge in [0, 0.05) is 54.0 Å². The quantitative estimate of drug-likeness (QED) is 0.494. The minimum atomic E-state index is 0.153. The molecule has 1 atom stereocenters. The van der Waals surface area contributed by atoms with Gasteiger partial charge in [-0.15, -0.1) is 0 Å². The third-order valence-corrected chi connectivity index (χ3v) is 10.2. The number of carbonyl (C=O) groups excluding carboxylic acids is 2. The Morgan fingerprint density at radius 3 is 2.52 bits per heavy atom. The molecule has 9 nitrogen and oxygen atoms in total. The highest BCUT2D eigenvalue weighted by molar-refractivity contribution is 5.99. The van der Waals surface area contributed by atoms with Crippen LogP contribution in [0.4, 0.5) is 5.69 Å². The van der Waals surface area contributed by atoms with E-state index in [9.17, 15) is 9.59 Å². The normalized spacial score (nSPS) is 24.2. The minimum absolute atomic E-state index is 0.153. The SMILES string of the molecule is C[C@H]1CCc2c(ccc(-c3cnn(C4CCN(CC(=O)NC5CCNCC5)CC4)c3)c2OC2CCC2)N1C(=O)C1CC1. The number of nitrogens with zero attached hydrogens (tertiary/aromatic N) is 4. The van der Waals surface area contributed by atoms with Crippen LogP contribution in [0.25, 0.3) is 11.1 Å². The maximum Gasteiger partial charge on any atom is 0.234 e. The molecule has 0 bridgehead atoms. The first-order chi connectivity index (χ1) is 20.5. The fraction of sp³-hybridized carbons (Fsp3) is 0.667. The summed E-state index contributed by atoms with van der Waals surface area (Å²) >= 11 is 0. The summed E-state index contributed by atoms with van der Waals surface area (Å²) in [6, 6.07) is 5.16. The van der Waals surface area contributed by atoms with Crippen molar-refractivity contribution in [3.05, 3.63) is 30.1 Å². The number of rotatable bonds is 8. The van der Waals surface area contributed by atoms with Crippen molar-refractivity contribution in [1.29, 1.82) is 0 Å². The molecule has 2 N–H and O–H groups in total. The number of benzene rings is 1. The lowest BCUT2D eigenvalue weighted by molar-refractivity contribution is -0.123. The van der Waals surface area contributed by atoms with Gasteiger partial charge in [0.05, 0.1) is 30.6 Å². The zero-order chi connectivity index (χ0) is 28.6. The van der Waals surface area contributed by atoms with Gasteiger partial charge in [0.2, 0.25) is 11.8 Å². The fourth-order valence-corrected chi connectivity index (χ4v) is 7.15. The van der Waals surface area contributed by atoms with E-state index in [1.165, 1.54) is 12.0 Å². The van der Waals surface area contributed by atoms with E-state index in [0.717, 1.165) is 113 Å². The lowest BCUT2D eigenvalue weighted by Gasteiger charge is -2.38. The van der Waals surface area contributed by atoms with Gasteiger partial charge in [-0.3, -0.25) is 19.2 Å². The van der Waals surface area contributed by atoms with Crippen molar-refractivity contribution in [2.75, 3.05) is 37.6 Å². The standard InChI is InChI=1S/C33H46N6O3/c1-22-5-8-29-30(39(22)33(41)23-6-7-23)10-9-28(32(29)42-27-3-2-4-27)24-19-35-38(20-24)26-13-17-37(18-14-26)21-31(40)36-25-11-15-34-16-12-25/h9-10,19-20,22-23,25-27,34H,2-8,11-18,21H2,1H3,(H,36,40)/t22-/m0/s1. The van der Waals surface area contributed by atoms with Crippen LogP contribution in [0.3, 0.4) is 0 Å². The molecule has 2 saturated carbocycles. The number of piperidine rings is 2. The van der Waals surface area contributed by atoms with Crippen molar-refractivity contribution in [1.82, 2.24) is 25.3 Å². The Morgan fingerprint density at radius 2 is 1.81 bits per heavy atom. The maximum atomic E-state index is 13.3. The van der Waals surface area contributed by atoms with E-state index in [0.29, 0.717) is 18.6 Å². The number of aromatic nitrogens is 2. The van der Waals surface area contributed by atoms with Crippen LogP contribution in [-0.2, 0) is 16.0 Å². The molecule has 4 fully saturated rings. The van der Waals surface area contributed by atoms with Gasteiger partial charge in [-0.25, -0.2) is 0 Å². The molecule has 9 heteroatoms. The Balaban J connectivity index is 1.05. The predicted octanol–water partition coefficient (Wildman–Crippen LogP) is 4.06. The maximum absolute atomic E-state index is 13.3. The molecule has 0 radical (unpaired) electrons. The summed E-state index contributed by atoms with van der Waals surface area (Å²) in [4.78, 5) is 30.2. The van der Waals surface area contributed by atoms with Crippen molar-refractivity contribution in [3.63, 3.8) is 0 Å². The summed E-state index contributed by atoms with van der Waals surface area (Å²) in [5.74, 6) is 1.60. The molecule has 5 aliphatic rings. The van der Waals surface area contributed by atoms with Gasteiger partial charge in [0.15, 0.2) is 0 Å². The van der Waals surface area contributed by atoms with Crippen LogP contribution in [0, 0.1) is 5.92 Å². The molecular weight excluding hydrogens is 528 g/mol. The smallest absolute Gasteiger partial charge is 0.234 e. The highest BCUT2D eigenvalue weighted by Gasteiger charge is 2.39. The second-order valence-corrected chi connectivity index (χ2v) is 13.3. The first kappa shape index (κ1) is 27.9. The summed E-state index contributed by atoms with van der Waals surface area (Å²) in [6.07, 6.45) is 15.7. The number of fused-ring (bicyclic) bond motifs is 1. The van der Waals surface area contributed by atoms with Crippen LogP contribution in [0.15, 0.2) is 24.5 Å². The molecule has 1 aromatic carbocycles. The number of hydrogen-bond acceptors (Lipinski definition) is 6. The van der Waals surface area contributed by atoms with Gasteiger partial charge >= 0.3 is 0 Å². The molecule has 0 unspecified atom stereocenters. The Morgan fingerprint density at radius 1 is 1.02 bits per heavy atom. The average molecular weight is 575 g/mol. The van der Waals surface area contributed by atoms with Gasteiger partial charge in [0.1, 0.15) is 5.75 Å². The summed E-state index contributed by atoms with van der Waals surface area (Å²) < 4.78 is 8.84. The van der Waals surface area contributed by atoms with Crippen LogP contribution >= 0.6 is 0 Å². The van der Waals surface area contributed by atoms with Crippen LogP contribution in [0.1, 0.15) is 82.7 Å². The van der Waals surface area contributed by atoms with Crippen molar-refractivity contribution >= 4 is 17.5 Å². The lowest BCUT2D eigenvalue weighted by Crippen LogP contribution is -2.47. The van der Waals surface area contributed by atoms with E-state index < -0.39 is 0 Å². The first-order valence-corrected chi connectivity index (χ1v) is 16.5. The molecular formula is C33H46N6O3.